The van der Waals surface area contributed by atoms with Crippen LogP contribution in [-0.4, -0.2) is 11.0 Å². The van der Waals surface area contributed by atoms with Crippen molar-refractivity contribution in [1.29, 1.82) is 0 Å². The van der Waals surface area contributed by atoms with Gasteiger partial charge in [0.1, 0.15) is 5.75 Å². The number of amides is 1. The lowest BCUT2D eigenvalue weighted by Gasteiger charge is -2.20. The van der Waals surface area contributed by atoms with Gasteiger partial charge in [-0.1, -0.05) is 49.2 Å². The van der Waals surface area contributed by atoms with E-state index < -0.39 is 0 Å². The molecule has 0 aliphatic rings. The van der Waals surface area contributed by atoms with E-state index in [1.165, 1.54) is 6.92 Å². The second-order valence-electron chi connectivity index (χ2n) is 4.57. The number of hydrogen-bond donors (Lipinski definition) is 2. The van der Waals surface area contributed by atoms with Gasteiger partial charge in [-0.15, -0.1) is 6.58 Å². The summed E-state index contributed by atoms with van der Waals surface area (Å²) in [7, 11) is 0. The zero-order valence-corrected chi connectivity index (χ0v) is 16.5. The van der Waals surface area contributed by atoms with Crippen LogP contribution in [0.15, 0.2) is 28.8 Å². The van der Waals surface area contributed by atoms with Gasteiger partial charge in [0.2, 0.25) is 5.91 Å². The van der Waals surface area contributed by atoms with Gasteiger partial charge in [-0.3, -0.25) is 4.79 Å². The quantitative estimate of drug-likeness (QED) is 0.670. The lowest BCUT2D eigenvalue weighted by Crippen LogP contribution is -2.26. The molecule has 4 heteroatoms. The van der Waals surface area contributed by atoms with Crippen LogP contribution in [0.1, 0.15) is 65.1 Å². The minimum absolute atomic E-state index is 0.127. The molecule has 22 heavy (non-hydrogen) atoms. The molecule has 1 aromatic rings. The van der Waals surface area contributed by atoms with Gasteiger partial charge < -0.3 is 10.4 Å². The fourth-order valence-corrected chi connectivity index (χ4v) is 2.45. The normalized spacial score (nSPS) is 10.4. The zero-order chi connectivity index (χ0) is 17.9. The first kappa shape index (κ1) is 23.0. The molecule has 2 N–H and O–H groups in total. The van der Waals surface area contributed by atoms with Crippen molar-refractivity contribution in [3.8, 4) is 5.75 Å². The summed E-state index contributed by atoms with van der Waals surface area (Å²) in [5.41, 5.74) is 2.43. The molecule has 1 rings (SSSR count). The molecule has 126 valence electrons. The maximum absolute atomic E-state index is 11.3. The molecule has 0 saturated carbocycles. The third-order valence-corrected chi connectivity index (χ3v) is 3.06. The summed E-state index contributed by atoms with van der Waals surface area (Å²) in [5, 5.41) is 13.0. The average Bonchev–Trinajstić information content (AvgIpc) is 2.45. The number of aromatic hydroxyl groups is 1. The Morgan fingerprint density at radius 3 is 2.18 bits per heavy atom. The molecule has 3 nitrogen and oxygen atoms in total. The van der Waals surface area contributed by atoms with Gasteiger partial charge in [0.05, 0.1) is 6.04 Å². The van der Waals surface area contributed by atoms with E-state index in [1.54, 1.807) is 0 Å². The van der Waals surface area contributed by atoms with Gasteiger partial charge >= 0.3 is 0 Å². The molecule has 0 aromatic heterocycles. The highest BCUT2D eigenvalue weighted by atomic mass is 79.9. The number of rotatable bonds is 4. The molecule has 1 unspecified atom stereocenters. The van der Waals surface area contributed by atoms with Gasteiger partial charge in [0, 0.05) is 17.0 Å². The van der Waals surface area contributed by atoms with Crippen molar-refractivity contribution in [2.24, 2.45) is 0 Å². The van der Waals surface area contributed by atoms with Crippen LogP contribution in [0.5, 0.6) is 5.75 Å². The van der Waals surface area contributed by atoms with Crippen LogP contribution in [-0.2, 0) is 4.79 Å². The van der Waals surface area contributed by atoms with E-state index in [0.29, 0.717) is 12.0 Å². The lowest BCUT2D eigenvalue weighted by molar-refractivity contribution is -0.119. The number of halogens is 1. The van der Waals surface area contributed by atoms with Crippen molar-refractivity contribution in [2.45, 2.75) is 60.9 Å². The fourth-order valence-electron chi connectivity index (χ4n) is 1.86. The molecule has 1 aromatic carbocycles. The van der Waals surface area contributed by atoms with Gasteiger partial charge in [0.25, 0.3) is 0 Å². The first-order valence-corrected chi connectivity index (χ1v) is 8.51. The van der Waals surface area contributed by atoms with Gasteiger partial charge in [-0.2, -0.15) is 0 Å². The number of carbonyl (C=O) groups is 1. The van der Waals surface area contributed by atoms with E-state index in [2.05, 4.69) is 27.8 Å². The number of hydrogen-bond acceptors (Lipinski definition) is 2. The molecule has 1 amide bonds. The number of nitrogens with one attached hydrogen (secondary N) is 1. The Bertz CT molecular complexity index is 468. The second kappa shape index (κ2) is 12.3. The third kappa shape index (κ3) is 8.23. The first-order valence-electron chi connectivity index (χ1n) is 7.71. The number of phenols is 1. The smallest absolute Gasteiger partial charge is 0.217 e. The monoisotopic (exact) mass is 371 g/mol. The number of phenolic OH excluding ortho intramolecular Hbond substituents is 1. The van der Waals surface area contributed by atoms with E-state index in [9.17, 15) is 9.90 Å². The molecule has 0 fully saturated rings. The molecule has 0 saturated heterocycles. The molecule has 0 spiro atoms. The van der Waals surface area contributed by atoms with Gasteiger partial charge in [-0.25, -0.2) is 0 Å². The van der Waals surface area contributed by atoms with Crippen molar-refractivity contribution in [3.63, 3.8) is 0 Å². The molecule has 0 heterocycles. The predicted octanol–water partition coefficient (Wildman–Crippen LogP) is 5.66. The highest BCUT2D eigenvalue weighted by molar-refractivity contribution is 9.10. The first-order chi connectivity index (χ1) is 10.3. The van der Waals surface area contributed by atoms with Crippen molar-refractivity contribution < 1.29 is 9.90 Å². The minimum atomic E-state index is -0.254. The Morgan fingerprint density at radius 1 is 1.27 bits per heavy atom. The molecule has 0 radical (unpaired) electrons. The average molecular weight is 372 g/mol. The molecule has 0 aliphatic heterocycles. The Labute approximate surface area is 144 Å². The highest BCUT2D eigenvalue weighted by Gasteiger charge is 2.18. The molecular weight excluding hydrogens is 342 g/mol. The number of carbonyl (C=O) groups excluding carboxylic acids is 1. The summed E-state index contributed by atoms with van der Waals surface area (Å²) < 4.78 is 0.880. The van der Waals surface area contributed by atoms with Crippen molar-refractivity contribution >= 4 is 21.8 Å². The Kier molecular flexibility index (Phi) is 12.8. The van der Waals surface area contributed by atoms with E-state index in [1.807, 2.05) is 53.7 Å². The summed E-state index contributed by atoms with van der Waals surface area (Å²) in [6, 6.07) is 3.41. The topological polar surface area (TPSA) is 49.3 Å². The van der Waals surface area contributed by atoms with Crippen LogP contribution < -0.4 is 5.32 Å². The largest absolute Gasteiger partial charge is 0.507 e. The van der Waals surface area contributed by atoms with E-state index in [-0.39, 0.29) is 17.7 Å². The maximum atomic E-state index is 11.3. The molecule has 1 atom stereocenters. The number of benzene rings is 1. The predicted molar refractivity (Wildman–Crippen MR) is 99.2 cm³/mol. The van der Waals surface area contributed by atoms with Crippen LogP contribution >= 0.6 is 15.9 Å². The van der Waals surface area contributed by atoms with E-state index in [0.717, 1.165) is 15.6 Å². The Morgan fingerprint density at radius 2 is 1.77 bits per heavy atom. The molecular formula is C18H30BrNO2. The van der Waals surface area contributed by atoms with Crippen molar-refractivity contribution in [3.05, 3.63) is 39.9 Å². The summed E-state index contributed by atoms with van der Waals surface area (Å²) in [5.74, 6) is 0.0940. The second-order valence-corrected chi connectivity index (χ2v) is 5.49. The van der Waals surface area contributed by atoms with Gasteiger partial charge in [0.15, 0.2) is 0 Å². The standard InChI is InChI=1S/C14H18BrNO2.2C2H6/c1-8(2)5-13(16-10(4)17)12-7-11(15)6-9(3)14(12)18;2*1-2/h6-7,13,18H,1,5H2,2-4H3,(H,16,17);2*1-2H3. The van der Waals surface area contributed by atoms with Crippen molar-refractivity contribution in [2.75, 3.05) is 0 Å². The minimum Gasteiger partial charge on any atom is -0.507 e. The van der Waals surface area contributed by atoms with Crippen LogP contribution in [0, 0.1) is 6.92 Å². The maximum Gasteiger partial charge on any atom is 0.217 e. The van der Waals surface area contributed by atoms with Crippen LogP contribution in [0.3, 0.4) is 0 Å². The lowest BCUT2D eigenvalue weighted by atomic mass is 9.97. The Hall–Kier alpha value is -1.29. The van der Waals surface area contributed by atoms with E-state index >= 15 is 0 Å². The van der Waals surface area contributed by atoms with Gasteiger partial charge in [-0.05, 0) is 38.0 Å². The summed E-state index contributed by atoms with van der Waals surface area (Å²) in [4.78, 5) is 11.3. The summed E-state index contributed by atoms with van der Waals surface area (Å²) in [6.07, 6.45) is 0.600. The molecule has 0 bridgehead atoms. The Balaban J connectivity index is 0. The van der Waals surface area contributed by atoms with Crippen LogP contribution in [0.2, 0.25) is 0 Å². The molecule has 0 aliphatic carbocycles. The third-order valence-electron chi connectivity index (χ3n) is 2.60. The summed E-state index contributed by atoms with van der Waals surface area (Å²) in [6.45, 7) is 17.1. The fraction of sp³-hybridized carbons (Fsp3) is 0.500. The van der Waals surface area contributed by atoms with Crippen molar-refractivity contribution in [1.82, 2.24) is 5.32 Å². The summed E-state index contributed by atoms with van der Waals surface area (Å²) >= 11 is 3.40. The van der Waals surface area contributed by atoms with Crippen LogP contribution in [0.25, 0.3) is 0 Å². The van der Waals surface area contributed by atoms with Crippen LogP contribution in [0.4, 0.5) is 0 Å². The zero-order valence-electron chi connectivity index (χ0n) is 14.9. The SMILES string of the molecule is C=C(C)CC(NC(C)=O)c1cc(Br)cc(C)c1O.CC.CC. The number of aryl methyl sites for hydroxylation is 1. The van der Waals surface area contributed by atoms with E-state index in [4.69, 9.17) is 0 Å². The highest BCUT2D eigenvalue weighted by Crippen LogP contribution is 2.33.